The van der Waals surface area contributed by atoms with Crippen molar-refractivity contribution in [1.82, 2.24) is 4.31 Å². The fourth-order valence-corrected chi connectivity index (χ4v) is 2.96. The van der Waals surface area contributed by atoms with Crippen molar-refractivity contribution in [2.75, 3.05) is 6.26 Å². The van der Waals surface area contributed by atoms with Crippen molar-refractivity contribution >= 4 is 22.1 Å². The van der Waals surface area contributed by atoms with Gasteiger partial charge in [0.2, 0.25) is 10.0 Å². The summed E-state index contributed by atoms with van der Waals surface area (Å²) in [4.78, 5) is 23.4. The van der Waals surface area contributed by atoms with Crippen LogP contribution in [0.2, 0.25) is 0 Å². The van der Waals surface area contributed by atoms with Crippen LogP contribution in [0.3, 0.4) is 0 Å². The summed E-state index contributed by atoms with van der Waals surface area (Å²) in [6, 6.07) is 7.16. The van der Waals surface area contributed by atoms with E-state index in [9.17, 15) is 23.1 Å². The number of benzene rings is 1. The second-order valence-electron chi connectivity index (χ2n) is 5.13. The summed E-state index contributed by atoms with van der Waals surface area (Å²) in [5.74, 6) is -2.01. The fourth-order valence-electron chi connectivity index (χ4n) is 1.89. The molecule has 0 aliphatic rings. The van der Waals surface area contributed by atoms with E-state index in [1.165, 1.54) is 13.8 Å². The molecule has 1 rings (SSSR count). The third kappa shape index (κ3) is 4.73. The third-order valence-electron chi connectivity index (χ3n) is 2.88. The Hall–Kier alpha value is -2.09. The molecule has 0 aromatic heterocycles. The van der Waals surface area contributed by atoms with Gasteiger partial charge in [0.25, 0.3) is 0 Å². The van der Waals surface area contributed by atoms with E-state index in [4.69, 9.17) is 4.74 Å². The maximum Gasteiger partial charge on any atom is 0.424 e. The van der Waals surface area contributed by atoms with Gasteiger partial charge in [-0.1, -0.05) is 44.2 Å². The summed E-state index contributed by atoms with van der Waals surface area (Å²) < 4.78 is 28.8. The van der Waals surface area contributed by atoms with Gasteiger partial charge in [-0.2, -0.15) is 4.31 Å². The summed E-state index contributed by atoms with van der Waals surface area (Å²) in [5, 5.41) is 9.20. The zero-order valence-electron chi connectivity index (χ0n) is 12.6. The molecule has 8 heteroatoms. The van der Waals surface area contributed by atoms with Crippen LogP contribution in [0, 0.1) is 5.92 Å². The number of sulfonamides is 1. The van der Waals surface area contributed by atoms with Crippen molar-refractivity contribution in [2.45, 2.75) is 26.5 Å². The number of amides is 1. The van der Waals surface area contributed by atoms with Crippen LogP contribution in [-0.2, 0) is 26.2 Å². The Morgan fingerprint density at radius 3 is 2.18 bits per heavy atom. The van der Waals surface area contributed by atoms with Crippen molar-refractivity contribution in [2.24, 2.45) is 5.92 Å². The molecule has 0 fully saturated rings. The van der Waals surface area contributed by atoms with Gasteiger partial charge in [-0.15, -0.1) is 0 Å². The van der Waals surface area contributed by atoms with Crippen LogP contribution < -0.4 is 0 Å². The highest BCUT2D eigenvalue weighted by molar-refractivity contribution is 7.88. The number of carbonyl (C=O) groups excluding carboxylic acids is 1. The Labute approximate surface area is 129 Å². The van der Waals surface area contributed by atoms with Gasteiger partial charge in [-0.3, -0.25) is 0 Å². The lowest BCUT2D eigenvalue weighted by atomic mass is 10.1. The Morgan fingerprint density at radius 2 is 1.77 bits per heavy atom. The minimum Gasteiger partial charge on any atom is -0.480 e. The van der Waals surface area contributed by atoms with Crippen LogP contribution in [0.25, 0.3) is 0 Å². The van der Waals surface area contributed by atoms with Crippen LogP contribution in [0.4, 0.5) is 4.79 Å². The van der Waals surface area contributed by atoms with E-state index in [0.29, 0.717) is 5.56 Å². The number of nitrogens with zero attached hydrogens (tertiary/aromatic N) is 1. The van der Waals surface area contributed by atoms with E-state index in [0.717, 1.165) is 6.26 Å². The lowest BCUT2D eigenvalue weighted by Crippen LogP contribution is -2.50. The lowest BCUT2D eigenvalue weighted by Gasteiger charge is -2.28. The van der Waals surface area contributed by atoms with E-state index in [1.807, 2.05) is 0 Å². The molecule has 1 amide bonds. The van der Waals surface area contributed by atoms with Crippen LogP contribution in [-0.4, -0.2) is 42.2 Å². The molecule has 0 aliphatic heterocycles. The van der Waals surface area contributed by atoms with Gasteiger partial charge in [-0.25, -0.2) is 18.0 Å². The van der Waals surface area contributed by atoms with Crippen LogP contribution in [0.5, 0.6) is 0 Å². The van der Waals surface area contributed by atoms with E-state index in [-0.39, 0.29) is 10.9 Å². The molecule has 22 heavy (non-hydrogen) atoms. The van der Waals surface area contributed by atoms with Crippen molar-refractivity contribution in [3.63, 3.8) is 0 Å². The van der Waals surface area contributed by atoms with Crippen LogP contribution >= 0.6 is 0 Å². The largest absolute Gasteiger partial charge is 0.480 e. The molecule has 1 aromatic rings. The molecule has 1 aromatic carbocycles. The lowest BCUT2D eigenvalue weighted by molar-refractivity contribution is -0.142. The Balaban J connectivity index is 2.97. The number of hydrogen-bond acceptors (Lipinski definition) is 5. The Bertz CT molecular complexity index is 626. The smallest absolute Gasteiger partial charge is 0.424 e. The van der Waals surface area contributed by atoms with Crippen LogP contribution in [0.1, 0.15) is 19.4 Å². The topological polar surface area (TPSA) is 101 Å². The first-order chi connectivity index (χ1) is 10.1. The molecule has 0 aliphatic carbocycles. The number of aliphatic carboxylic acids is 1. The zero-order valence-corrected chi connectivity index (χ0v) is 13.4. The molecule has 0 heterocycles. The van der Waals surface area contributed by atoms with Gasteiger partial charge >= 0.3 is 12.1 Å². The van der Waals surface area contributed by atoms with E-state index < -0.39 is 34.0 Å². The van der Waals surface area contributed by atoms with Gasteiger partial charge in [0.05, 0.1) is 6.26 Å². The van der Waals surface area contributed by atoms with Gasteiger partial charge in [0.1, 0.15) is 6.61 Å². The minimum atomic E-state index is -4.08. The number of carboxylic acid groups (broad SMARTS) is 1. The number of hydrogen-bond donors (Lipinski definition) is 1. The molecular weight excluding hydrogens is 310 g/mol. The first-order valence-electron chi connectivity index (χ1n) is 6.57. The molecule has 122 valence electrons. The van der Waals surface area contributed by atoms with Crippen molar-refractivity contribution in [3.8, 4) is 0 Å². The van der Waals surface area contributed by atoms with Crippen molar-refractivity contribution in [3.05, 3.63) is 35.9 Å². The van der Waals surface area contributed by atoms with E-state index in [1.54, 1.807) is 30.3 Å². The highest BCUT2D eigenvalue weighted by Gasteiger charge is 2.39. The molecule has 7 nitrogen and oxygen atoms in total. The monoisotopic (exact) mass is 329 g/mol. The predicted molar refractivity (Wildman–Crippen MR) is 79.6 cm³/mol. The predicted octanol–water partition coefficient (Wildman–Crippen LogP) is 1.69. The molecule has 0 saturated carbocycles. The summed E-state index contributed by atoms with van der Waals surface area (Å²) in [5.41, 5.74) is 0.667. The average Bonchev–Trinajstić information content (AvgIpc) is 2.41. The Morgan fingerprint density at radius 1 is 1.23 bits per heavy atom. The minimum absolute atomic E-state index is 0.143. The zero-order chi connectivity index (χ0) is 16.9. The van der Waals surface area contributed by atoms with Gasteiger partial charge in [0, 0.05) is 0 Å². The van der Waals surface area contributed by atoms with E-state index in [2.05, 4.69) is 0 Å². The first-order valence-corrected chi connectivity index (χ1v) is 8.42. The van der Waals surface area contributed by atoms with Crippen LogP contribution in [0.15, 0.2) is 30.3 Å². The summed E-state index contributed by atoms with van der Waals surface area (Å²) in [6.07, 6.45) is -0.429. The fraction of sp³-hybridized carbons (Fsp3) is 0.429. The highest BCUT2D eigenvalue weighted by Crippen LogP contribution is 2.17. The number of rotatable bonds is 6. The molecule has 0 spiro atoms. The Kier molecular flexibility index (Phi) is 5.92. The number of carbonyl (C=O) groups is 2. The standard InChI is InChI=1S/C14H19NO6S/c1-10(2)12(13(16)17)15(22(3,19)20)14(18)21-9-11-7-5-4-6-8-11/h4-8,10,12H,9H2,1-3H3,(H,16,17)/t12-/m0/s1. The molecule has 1 N–H and O–H groups in total. The average molecular weight is 329 g/mol. The third-order valence-corrected chi connectivity index (χ3v) is 3.97. The summed E-state index contributed by atoms with van der Waals surface area (Å²) >= 11 is 0. The quantitative estimate of drug-likeness (QED) is 0.852. The molecule has 0 saturated heterocycles. The second-order valence-corrected chi connectivity index (χ2v) is 6.99. The maximum absolute atomic E-state index is 12.1. The molecule has 1 atom stereocenters. The number of carboxylic acids is 1. The molecular formula is C14H19NO6S. The summed E-state index contributed by atoms with van der Waals surface area (Å²) in [7, 11) is -4.08. The first kappa shape index (κ1) is 18.0. The van der Waals surface area contributed by atoms with Crippen molar-refractivity contribution < 1.29 is 27.9 Å². The van der Waals surface area contributed by atoms with Gasteiger partial charge in [-0.05, 0) is 11.5 Å². The van der Waals surface area contributed by atoms with Crippen molar-refractivity contribution in [1.29, 1.82) is 0 Å². The second kappa shape index (κ2) is 7.26. The molecule has 0 unspecified atom stereocenters. The summed E-state index contributed by atoms with van der Waals surface area (Å²) in [6.45, 7) is 2.89. The van der Waals surface area contributed by atoms with Gasteiger partial charge < -0.3 is 9.84 Å². The highest BCUT2D eigenvalue weighted by atomic mass is 32.2. The normalized spacial score (nSPS) is 12.7. The van der Waals surface area contributed by atoms with Gasteiger partial charge in [0.15, 0.2) is 6.04 Å². The van der Waals surface area contributed by atoms with E-state index >= 15 is 0 Å². The maximum atomic E-state index is 12.1. The molecule has 0 bridgehead atoms. The molecule has 0 radical (unpaired) electrons. The SMILES string of the molecule is CC(C)[C@@H](C(=O)O)N(C(=O)OCc1ccccc1)S(C)(=O)=O. The number of ether oxygens (including phenoxy) is 1.